The van der Waals surface area contributed by atoms with Gasteiger partial charge >= 0.3 is 5.97 Å². The molecule has 0 saturated carbocycles. The van der Waals surface area contributed by atoms with Gasteiger partial charge in [0, 0.05) is 11.6 Å². The van der Waals surface area contributed by atoms with Gasteiger partial charge in [-0.3, -0.25) is 0 Å². The van der Waals surface area contributed by atoms with Crippen LogP contribution in [0.1, 0.15) is 17.4 Å². The van der Waals surface area contributed by atoms with Crippen LogP contribution in [0.4, 0.5) is 5.69 Å². The van der Waals surface area contributed by atoms with Crippen molar-refractivity contribution in [1.29, 1.82) is 0 Å². The van der Waals surface area contributed by atoms with Gasteiger partial charge in [0.15, 0.2) is 17.4 Å². The second-order valence-corrected chi connectivity index (χ2v) is 3.88. The summed E-state index contributed by atoms with van der Waals surface area (Å²) in [5.41, 5.74) is 12.1. The molecule has 7 nitrogen and oxygen atoms in total. The van der Waals surface area contributed by atoms with E-state index in [1.54, 1.807) is 31.2 Å². The Hall–Kier alpha value is -2.54. The molecule has 1 heterocycles. The Morgan fingerprint density at radius 1 is 1.33 bits per heavy atom. The molecular formula is C13H15ClN4O3. The molecule has 112 valence electrons. The predicted octanol–water partition coefficient (Wildman–Crippen LogP) is 1.85. The van der Waals surface area contributed by atoms with Crippen molar-refractivity contribution in [2.45, 2.75) is 6.92 Å². The van der Waals surface area contributed by atoms with Crippen molar-refractivity contribution in [2.75, 3.05) is 6.61 Å². The molecule has 1 aromatic carbocycles. The standard InChI is InChI=1S/C13H14N4O3.ClH/c1-2-19-12(18)10-7-11(20-17-10)8-3-5-9(6-4-8)16-13(14)15;/h3-7H,2H2,1H3,(H4,14,15,16);1H. The molecule has 0 aliphatic carbocycles. The normalized spacial score (nSPS) is 9.57. The van der Waals surface area contributed by atoms with E-state index in [2.05, 4.69) is 10.1 Å². The van der Waals surface area contributed by atoms with Crippen molar-refractivity contribution in [1.82, 2.24) is 5.16 Å². The summed E-state index contributed by atoms with van der Waals surface area (Å²) in [5.74, 6) is -0.0639. The average Bonchev–Trinajstić information content (AvgIpc) is 2.89. The Bertz CT molecular complexity index is 633. The van der Waals surface area contributed by atoms with Crippen LogP contribution in [0.15, 0.2) is 39.8 Å². The van der Waals surface area contributed by atoms with E-state index in [1.807, 2.05) is 0 Å². The highest BCUT2D eigenvalue weighted by atomic mass is 35.5. The molecule has 0 fully saturated rings. The zero-order chi connectivity index (χ0) is 14.5. The Morgan fingerprint density at radius 3 is 2.57 bits per heavy atom. The van der Waals surface area contributed by atoms with Crippen LogP contribution in [0, 0.1) is 0 Å². The van der Waals surface area contributed by atoms with Crippen LogP contribution >= 0.6 is 12.4 Å². The van der Waals surface area contributed by atoms with E-state index in [4.69, 9.17) is 20.7 Å². The van der Waals surface area contributed by atoms with E-state index in [0.29, 0.717) is 11.4 Å². The summed E-state index contributed by atoms with van der Waals surface area (Å²) in [5, 5.41) is 3.66. The van der Waals surface area contributed by atoms with Crippen LogP contribution in [-0.2, 0) is 4.74 Å². The summed E-state index contributed by atoms with van der Waals surface area (Å²) < 4.78 is 9.94. The lowest BCUT2D eigenvalue weighted by Gasteiger charge is -1.97. The molecule has 0 saturated heterocycles. The fourth-order valence-corrected chi connectivity index (χ4v) is 1.56. The minimum atomic E-state index is -0.514. The summed E-state index contributed by atoms with van der Waals surface area (Å²) >= 11 is 0. The quantitative estimate of drug-likeness (QED) is 0.505. The molecule has 0 unspecified atom stereocenters. The van der Waals surface area contributed by atoms with Crippen molar-refractivity contribution in [3.8, 4) is 11.3 Å². The van der Waals surface area contributed by atoms with Crippen molar-refractivity contribution in [3.63, 3.8) is 0 Å². The van der Waals surface area contributed by atoms with E-state index < -0.39 is 5.97 Å². The summed E-state index contributed by atoms with van der Waals surface area (Å²) in [7, 11) is 0. The third-order valence-corrected chi connectivity index (χ3v) is 2.40. The molecular weight excluding hydrogens is 296 g/mol. The van der Waals surface area contributed by atoms with Gasteiger partial charge < -0.3 is 20.7 Å². The molecule has 8 heteroatoms. The molecule has 4 N–H and O–H groups in total. The van der Waals surface area contributed by atoms with E-state index in [9.17, 15) is 4.79 Å². The number of carbonyl (C=O) groups is 1. The van der Waals surface area contributed by atoms with Crippen LogP contribution in [0.25, 0.3) is 11.3 Å². The van der Waals surface area contributed by atoms with Gasteiger partial charge in [-0.05, 0) is 31.2 Å². The van der Waals surface area contributed by atoms with E-state index >= 15 is 0 Å². The summed E-state index contributed by atoms with van der Waals surface area (Å²) in [6.45, 7) is 2.01. The molecule has 1 aromatic heterocycles. The largest absolute Gasteiger partial charge is 0.461 e. The Kier molecular flexibility index (Phi) is 5.74. The van der Waals surface area contributed by atoms with Gasteiger partial charge in [-0.15, -0.1) is 12.4 Å². The fraction of sp³-hybridized carbons (Fsp3) is 0.154. The number of benzene rings is 1. The highest BCUT2D eigenvalue weighted by Crippen LogP contribution is 2.23. The smallest absolute Gasteiger partial charge is 0.360 e. The molecule has 0 radical (unpaired) electrons. The second-order valence-electron chi connectivity index (χ2n) is 3.88. The highest BCUT2D eigenvalue weighted by Gasteiger charge is 2.14. The lowest BCUT2D eigenvalue weighted by molar-refractivity contribution is 0.0514. The average molecular weight is 311 g/mol. The van der Waals surface area contributed by atoms with Crippen molar-refractivity contribution in [2.24, 2.45) is 16.5 Å². The van der Waals surface area contributed by atoms with Gasteiger partial charge in [0.2, 0.25) is 0 Å². The number of ether oxygens (including phenoxy) is 1. The number of halogens is 1. The second kappa shape index (κ2) is 7.30. The van der Waals surface area contributed by atoms with E-state index in [-0.39, 0.29) is 30.7 Å². The first kappa shape index (κ1) is 16.5. The number of aliphatic imine (C=N–C) groups is 1. The fourth-order valence-electron chi connectivity index (χ4n) is 1.56. The molecule has 0 amide bonds. The predicted molar refractivity (Wildman–Crippen MR) is 80.6 cm³/mol. The lowest BCUT2D eigenvalue weighted by atomic mass is 10.1. The number of guanidine groups is 1. The number of carbonyl (C=O) groups excluding carboxylic acids is 1. The number of esters is 1. The number of nitrogens with zero attached hydrogens (tertiary/aromatic N) is 2. The van der Waals surface area contributed by atoms with Crippen LogP contribution in [0.2, 0.25) is 0 Å². The Labute approximate surface area is 127 Å². The van der Waals surface area contributed by atoms with Gasteiger partial charge in [0.05, 0.1) is 12.3 Å². The molecule has 0 bridgehead atoms. The minimum Gasteiger partial charge on any atom is -0.461 e. The van der Waals surface area contributed by atoms with Crippen molar-refractivity contribution < 1.29 is 14.1 Å². The van der Waals surface area contributed by atoms with E-state index in [0.717, 1.165) is 5.56 Å². The molecule has 0 aliphatic heterocycles. The maximum Gasteiger partial charge on any atom is 0.360 e. The van der Waals surface area contributed by atoms with Crippen LogP contribution in [0.3, 0.4) is 0 Å². The third-order valence-electron chi connectivity index (χ3n) is 2.40. The summed E-state index contributed by atoms with van der Waals surface area (Å²) in [6, 6.07) is 8.49. The zero-order valence-electron chi connectivity index (χ0n) is 11.3. The first-order chi connectivity index (χ1) is 9.60. The van der Waals surface area contributed by atoms with Gasteiger partial charge in [0.25, 0.3) is 0 Å². The molecule has 0 aliphatic rings. The maximum absolute atomic E-state index is 11.5. The number of rotatable bonds is 4. The van der Waals surface area contributed by atoms with Gasteiger partial charge in [0.1, 0.15) is 0 Å². The monoisotopic (exact) mass is 310 g/mol. The molecule has 0 atom stereocenters. The first-order valence-electron chi connectivity index (χ1n) is 5.94. The zero-order valence-corrected chi connectivity index (χ0v) is 12.1. The topological polar surface area (TPSA) is 117 Å². The van der Waals surface area contributed by atoms with E-state index in [1.165, 1.54) is 6.07 Å². The van der Waals surface area contributed by atoms with Crippen LogP contribution in [-0.4, -0.2) is 23.7 Å². The SMILES string of the molecule is CCOC(=O)c1cc(-c2ccc(N=C(N)N)cc2)on1.Cl. The van der Waals surface area contributed by atoms with Crippen molar-refractivity contribution >= 4 is 30.0 Å². The van der Waals surface area contributed by atoms with Crippen LogP contribution < -0.4 is 11.5 Å². The highest BCUT2D eigenvalue weighted by molar-refractivity contribution is 5.88. The number of nitrogens with two attached hydrogens (primary N) is 2. The Balaban J connectivity index is 0.00000220. The lowest BCUT2D eigenvalue weighted by Crippen LogP contribution is -2.21. The van der Waals surface area contributed by atoms with Gasteiger partial charge in [-0.25, -0.2) is 9.79 Å². The Morgan fingerprint density at radius 2 is 2.00 bits per heavy atom. The minimum absolute atomic E-state index is 0. The first-order valence-corrected chi connectivity index (χ1v) is 5.94. The molecule has 2 rings (SSSR count). The molecule has 0 spiro atoms. The molecule has 21 heavy (non-hydrogen) atoms. The maximum atomic E-state index is 11.5. The summed E-state index contributed by atoms with van der Waals surface area (Å²) in [6.07, 6.45) is 0. The van der Waals surface area contributed by atoms with Crippen LogP contribution in [0.5, 0.6) is 0 Å². The van der Waals surface area contributed by atoms with Gasteiger partial charge in [-0.1, -0.05) is 5.16 Å². The van der Waals surface area contributed by atoms with Gasteiger partial charge in [-0.2, -0.15) is 0 Å². The number of hydrogen-bond donors (Lipinski definition) is 2. The van der Waals surface area contributed by atoms with Crippen molar-refractivity contribution in [3.05, 3.63) is 36.0 Å². The summed E-state index contributed by atoms with van der Waals surface area (Å²) in [4.78, 5) is 15.4. The number of hydrogen-bond acceptors (Lipinski definition) is 5. The third kappa shape index (κ3) is 4.22. The number of aromatic nitrogens is 1. The molecule has 2 aromatic rings.